The maximum absolute atomic E-state index is 11.5. The average Bonchev–Trinajstić information content (AvgIpc) is 2.27. The van der Waals surface area contributed by atoms with E-state index >= 15 is 0 Å². The van der Waals surface area contributed by atoms with E-state index in [4.69, 9.17) is 4.74 Å². The van der Waals surface area contributed by atoms with Crippen LogP contribution >= 0.6 is 0 Å². The van der Waals surface area contributed by atoms with Crippen LogP contribution in [0.4, 0.5) is 10.6 Å². The van der Waals surface area contributed by atoms with Crippen LogP contribution in [0.25, 0.3) is 0 Å². The summed E-state index contributed by atoms with van der Waals surface area (Å²) in [4.78, 5) is 11.4. The molecule has 0 saturated heterocycles. The zero-order valence-electron chi connectivity index (χ0n) is 11.3. The van der Waals surface area contributed by atoms with Crippen LogP contribution in [-0.4, -0.2) is 36.1 Å². The Morgan fingerprint density at radius 1 is 1.32 bits per heavy atom. The van der Waals surface area contributed by atoms with Gasteiger partial charge in [-0.25, -0.2) is 13.2 Å². The van der Waals surface area contributed by atoms with Gasteiger partial charge in [0.2, 0.25) is 0 Å². The van der Waals surface area contributed by atoms with Crippen molar-refractivity contribution in [1.29, 1.82) is 0 Å². The lowest BCUT2D eigenvalue weighted by molar-refractivity contribution is 0.0635. The van der Waals surface area contributed by atoms with Gasteiger partial charge < -0.3 is 4.74 Å². The number of amides is 1. The molecule has 0 aliphatic heterocycles. The van der Waals surface area contributed by atoms with Crippen LogP contribution in [0, 0.1) is 0 Å². The predicted molar refractivity (Wildman–Crippen MR) is 69.6 cm³/mol. The van der Waals surface area contributed by atoms with Crippen molar-refractivity contribution in [1.82, 2.24) is 10.2 Å². The Morgan fingerprint density at radius 3 is 2.37 bits per heavy atom. The second kappa shape index (κ2) is 5.52. The molecule has 1 aromatic heterocycles. The highest BCUT2D eigenvalue weighted by molar-refractivity contribution is 7.91. The maximum Gasteiger partial charge on any atom is 0.413 e. The van der Waals surface area contributed by atoms with Gasteiger partial charge in [-0.2, -0.15) is 0 Å². The fraction of sp³-hybridized carbons (Fsp3) is 0.545. The van der Waals surface area contributed by atoms with Crippen LogP contribution in [0.15, 0.2) is 17.2 Å². The Morgan fingerprint density at radius 2 is 1.95 bits per heavy atom. The van der Waals surface area contributed by atoms with Crippen LogP contribution in [-0.2, 0) is 14.6 Å². The summed E-state index contributed by atoms with van der Waals surface area (Å²) in [7, 11) is -3.39. The molecule has 19 heavy (non-hydrogen) atoms. The Bertz CT molecular complexity index is 546. The summed E-state index contributed by atoms with van der Waals surface area (Å²) in [5.74, 6) is 0.0739. The van der Waals surface area contributed by atoms with E-state index in [1.54, 1.807) is 20.8 Å². The van der Waals surface area contributed by atoms with Gasteiger partial charge in [0.15, 0.2) is 20.7 Å². The Hall–Kier alpha value is -1.70. The van der Waals surface area contributed by atoms with Crippen LogP contribution in [0.5, 0.6) is 0 Å². The highest BCUT2D eigenvalue weighted by atomic mass is 32.2. The Kier molecular flexibility index (Phi) is 4.46. The summed E-state index contributed by atoms with van der Waals surface area (Å²) in [6, 6.07) is 2.65. The average molecular weight is 287 g/mol. The number of ether oxygens (including phenoxy) is 1. The van der Waals surface area contributed by atoms with Gasteiger partial charge in [0.05, 0.1) is 5.75 Å². The van der Waals surface area contributed by atoms with Gasteiger partial charge in [-0.1, -0.05) is 6.92 Å². The van der Waals surface area contributed by atoms with Gasteiger partial charge in [-0.05, 0) is 32.9 Å². The van der Waals surface area contributed by atoms with E-state index in [9.17, 15) is 13.2 Å². The number of nitrogens with one attached hydrogen (secondary N) is 1. The molecule has 0 spiro atoms. The second-order valence-electron chi connectivity index (χ2n) is 4.79. The highest BCUT2D eigenvalue weighted by Gasteiger charge is 2.18. The van der Waals surface area contributed by atoms with Gasteiger partial charge in [-0.3, -0.25) is 5.32 Å². The summed E-state index contributed by atoms with van der Waals surface area (Å²) < 4.78 is 28.0. The van der Waals surface area contributed by atoms with Crippen molar-refractivity contribution >= 4 is 21.7 Å². The number of rotatable bonds is 3. The largest absolute Gasteiger partial charge is 0.444 e. The molecule has 1 aromatic rings. The maximum atomic E-state index is 11.5. The number of hydrogen-bond donors (Lipinski definition) is 1. The fourth-order valence-electron chi connectivity index (χ4n) is 1.11. The minimum Gasteiger partial charge on any atom is -0.444 e. The normalized spacial score (nSPS) is 12.0. The van der Waals surface area contributed by atoms with Gasteiger partial charge in [0.25, 0.3) is 0 Å². The standard InChI is InChI=1S/C11H17N3O4S/c1-5-19(16,17)9-7-6-8(13-14-9)12-10(15)18-11(2,3)4/h6-7H,5H2,1-4H3,(H,12,13,15). The lowest BCUT2D eigenvalue weighted by atomic mass is 10.2. The van der Waals surface area contributed by atoms with Gasteiger partial charge >= 0.3 is 6.09 Å². The number of hydrogen-bond acceptors (Lipinski definition) is 6. The highest BCUT2D eigenvalue weighted by Crippen LogP contribution is 2.11. The molecule has 1 amide bonds. The quantitative estimate of drug-likeness (QED) is 0.907. The Labute approximate surface area is 112 Å². The van der Waals surface area contributed by atoms with Gasteiger partial charge in [0.1, 0.15) is 5.60 Å². The molecule has 8 heteroatoms. The van der Waals surface area contributed by atoms with E-state index in [0.29, 0.717) is 0 Å². The molecule has 0 bridgehead atoms. The van der Waals surface area contributed by atoms with Crippen molar-refractivity contribution in [3.8, 4) is 0 Å². The number of aromatic nitrogens is 2. The van der Waals surface area contributed by atoms with Crippen molar-refractivity contribution in [3.05, 3.63) is 12.1 Å². The van der Waals surface area contributed by atoms with E-state index in [1.807, 2.05) is 0 Å². The van der Waals surface area contributed by atoms with E-state index in [2.05, 4.69) is 15.5 Å². The molecule has 0 atom stereocenters. The third-order valence-corrected chi connectivity index (χ3v) is 3.58. The van der Waals surface area contributed by atoms with Crippen LogP contribution in [0.3, 0.4) is 0 Å². The zero-order valence-corrected chi connectivity index (χ0v) is 12.1. The second-order valence-corrected chi connectivity index (χ2v) is 7.01. The molecule has 106 valence electrons. The van der Waals surface area contributed by atoms with Crippen molar-refractivity contribution in [2.75, 3.05) is 11.1 Å². The van der Waals surface area contributed by atoms with E-state index in [0.717, 1.165) is 0 Å². The summed E-state index contributed by atoms with van der Waals surface area (Å²) in [6.45, 7) is 6.71. The first-order valence-electron chi connectivity index (χ1n) is 5.70. The first-order chi connectivity index (χ1) is 8.64. The predicted octanol–water partition coefficient (Wildman–Crippen LogP) is 1.62. The molecular formula is C11H17N3O4S. The third kappa shape index (κ3) is 4.82. The van der Waals surface area contributed by atoms with Gasteiger partial charge in [-0.15, -0.1) is 10.2 Å². The molecule has 0 aliphatic rings. The molecule has 0 unspecified atom stereocenters. The number of nitrogens with zero attached hydrogens (tertiary/aromatic N) is 2. The fourth-order valence-corrected chi connectivity index (χ4v) is 1.85. The minimum absolute atomic E-state index is 0.0550. The summed E-state index contributed by atoms with van der Waals surface area (Å²) in [5, 5.41) is 9.43. The lowest BCUT2D eigenvalue weighted by Crippen LogP contribution is -2.27. The Balaban J connectivity index is 2.76. The van der Waals surface area contributed by atoms with Crippen LogP contribution in [0.2, 0.25) is 0 Å². The first kappa shape index (κ1) is 15.4. The number of carbonyl (C=O) groups excluding carboxylic acids is 1. The minimum atomic E-state index is -3.39. The van der Waals surface area contributed by atoms with Crippen molar-refractivity contribution in [2.24, 2.45) is 0 Å². The SMILES string of the molecule is CCS(=O)(=O)c1ccc(NC(=O)OC(C)(C)C)nn1. The molecule has 1 heterocycles. The number of carbonyl (C=O) groups is 1. The molecule has 0 saturated carbocycles. The van der Waals surface area contributed by atoms with Gasteiger partial charge in [0, 0.05) is 0 Å². The third-order valence-electron chi connectivity index (χ3n) is 1.97. The van der Waals surface area contributed by atoms with Crippen LogP contribution < -0.4 is 5.32 Å². The molecule has 1 rings (SSSR count). The molecule has 0 radical (unpaired) electrons. The van der Waals surface area contributed by atoms with E-state index in [-0.39, 0.29) is 16.6 Å². The summed E-state index contributed by atoms with van der Waals surface area (Å²) >= 11 is 0. The molecule has 0 aliphatic carbocycles. The van der Waals surface area contributed by atoms with Crippen molar-refractivity contribution in [3.63, 3.8) is 0 Å². The van der Waals surface area contributed by atoms with Crippen molar-refractivity contribution < 1.29 is 17.9 Å². The van der Waals surface area contributed by atoms with Crippen LogP contribution in [0.1, 0.15) is 27.7 Å². The topological polar surface area (TPSA) is 98.2 Å². The summed E-state index contributed by atoms with van der Waals surface area (Å²) in [5.41, 5.74) is -0.622. The summed E-state index contributed by atoms with van der Waals surface area (Å²) in [6.07, 6.45) is -0.673. The molecule has 0 aromatic carbocycles. The molecule has 7 nitrogen and oxygen atoms in total. The number of anilines is 1. The molecule has 0 fully saturated rings. The molecular weight excluding hydrogens is 270 g/mol. The molecule has 1 N–H and O–H groups in total. The number of sulfone groups is 1. The van der Waals surface area contributed by atoms with Crippen molar-refractivity contribution in [2.45, 2.75) is 38.3 Å². The lowest BCUT2D eigenvalue weighted by Gasteiger charge is -2.19. The first-order valence-corrected chi connectivity index (χ1v) is 7.36. The van der Waals surface area contributed by atoms with E-state index in [1.165, 1.54) is 19.1 Å². The zero-order chi connectivity index (χ0) is 14.7. The monoisotopic (exact) mass is 287 g/mol. The smallest absolute Gasteiger partial charge is 0.413 e. The van der Waals surface area contributed by atoms with E-state index < -0.39 is 21.5 Å².